The molecule has 1 aromatic carbocycles. The van der Waals surface area contributed by atoms with Crippen molar-refractivity contribution in [2.24, 2.45) is 0 Å². The Hall–Kier alpha value is -1.56. The predicted molar refractivity (Wildman–Crippen MR) is 82.6 cm³/mol. The van der Waals surface area contributed by atoms with Crippen LogP contribution >= 0.6 is 11.8 Å². The van der Waals surface area contributed by atoms with Crippen molar-refractivity contribution in [1.82, 2.24) is 0 Å². The lowest BCUT2D eigenvalue weighted by Gasteiger charge is -2.12. The van der Waals surface area contributed by atoms with E-state index in [2.05, 4.69) is 0 Å². The van der Waals surface area contributed by atoms with Gasteiger partial charge in [-0.05, 0) is 32.4 Å². The normalized spacial score (nSPS) is 24.1. The minimum absolute atomic E-state index is 0.106. The SMILES string of the molecule is CC(=O)OC1SC(COC(=O)c2cc(C)cc(C)c2)CC1F. The van der Waals surface area contributed by atoms with E-state index in [0.29, 0.717) is 5.56 Å². The molecule has 1 aromatic rings. The number of thioether (sulfide) groups is 1. The number of ether oxygens (including phenoxy) is 2. The standard InChI is InChI=1S/C16H19FO4S/c1-9-4-10(2)6-12(5-9)15(19)20-8-13-7-14(17)16(22-13)21-11(3)18/h4-6,13-14,16H,7-8H2,1-3H3. The van der Waals surface area contributed by atoms with Crippen LogP contribution in [0.4, 0.5) is 4.39 Å². The number of esters is 2. The summed E-state index contributed by atoms with van der Waals surface area (Å²) in [7, 11) is 0. The van der Waals surface area contributed by atoms with Crippen LogP contribution in [0.1, 0.15) is 34.8 Å². The fraction of sp³-hybridized carbons (Fsp3) is 0.500. The van der Waals surface area contributed by atoms with Crippen molar-refractivity contribution in [2.45, 2.75) is 44.0 Å². The third kappa shape index (κ3) is 4.47. The molecule has 22 heavy (non-hydrogen) atoms. The number of hydrogen-bond donors (Lipinski definition) is 0. The third-order valence-corrected chi connectivity index (χ3v) is 4.62. The van der Waals surface area contributed by atoms with Crippen molar-refractivity contribution in [1.29, 1.82) is 0 Å². The van der Waals surface area contributed by atoms with Gasteiger partial charge in [-0.1, -0.05) is 17.2 Å². The van der Waals surface area contributed by atoms with Gasteiger partial charge in [0, 0.05) is 12.2 Å². The van der Waals surface area contributed by atoms with Gasteiger partial charge in [-0.2, -0.15) is 0 Å². The number of carbonyl (C=O) groups is 2. The molecular formula is C16H19FO4S. The van der Waals surface area contributed by atoms with E-state index in [1.54, 1.807) is 12.1 Å². The Morgan fingerprint density at radius 1 is 1.27 bits per heavy atom. The number of alkyl halides is 1. The highest BCUT2D eigenvalue weighted by molar-refractivity contribution is 8.00. The van der Waals surface area contributed by atoms with Gasteiger partial charge in [-0.15, -0.1) is 11.8 Å². The molecule has 0 aromatic heterocycles. The maximum Gasteiger partial charge on any atom is 0.338 e. The molecule has 1 aliphatic heterocycles. The number of hydrogen-bond acceptors (Lipinski definition) is 5. The first-order valence-electron chi connectivity index (χ1n) is 7.07. The van der Waals surface area contributed by atoms with E-state index >= 15 is 0 Å². The first kappa shape index (κ1) is 16.8. The van der Waals surface area contributed by atoms with E-state index < -0.39 is 23.5 Å². The molecule has 3 unspecified atom stereocenters. The number of aryl methyl sites for hydroxylation is 2. The molecule has 3 atom stereocenters. The van der Waals surface area contributed by atoms with Gasteiger partial charge in [-0.3, -0.25) is 4.79 Å². The van der Waals surface area contributed by atoms with Crippen LogP contribution in [-0.2, 0) is 14.3 Å². The molecule has 1 heterocycles. The van der Waals surface area contributed by atoms with Crippen LogP contribution in [0.15, 0.2) is 18.2 Å². The Kier molecular flexibility index (Phi) is 5.45. The van der Waals surface area contributed by atoms with Gasteiger partial charge in [0.2, 0.25) is 0 Å². The lowest BCUT2D eigenvalue weighted by molar-refractivity contribution is -0.144. The zero-order valence-corrected chi connectivity index (χ0v) is 13.6. The Morgan fingerprint density at radius 2 is 1.91 bits per heavy atom. The summed E-state index contributed by atoms with van der Waals surface area (Å²) in [6, 6.07) is 5.49. The number of halogens is 1. The van der Waals surface area contributed by atoms with E-state index in [9.17, 15) is 14.0 Å². The first-order chi connectivity index (χ1) is 10.3. The van der Waals surface area contributed by atoms with Crippen LogP contribution in [-0.4, -0.2) is 35.4 Å². The average molecular weight is 326 g/mol. The van der Waals surface area contributed by atoms with Gasteiger partial charge >= 0.3 is 11.9 Å². The van der Waals surface area contributed by atoms with Crippen LogP contribution in [0.5, 0.6) is 0 Å². The van der Waals surface area contributed by atoms with Crippen molar-refractivity contribution in [2.75, 3.05) is 6.61 Å². The van der Waals surface area contributed by atoms with E-state index in [1.165, 1.54) is 18.7 Å². The summed E-state index contributed by atoms with van der Waals surface area (Å²) in [6.45, 7) is 5.18. The van der Waals surface area contributed by atoms with E-state index in [-0.39, 0.29) is 18.3 Å². The summed E-state index contributed by atoms with van der Waals surface area (Å²) in [5.41, 5.74) is 1.66. The molecule has 1 aliphatic rings. The number of carbonyl (C=O) groups excluding carboxylic acids is 2. The topological polar surface area (TPSA) is 52.6 Å². The minimum Gasteiger partial charge on any atom is -0.461 e. The third-order valence-electron chi connectivity index (χ3n) is 3.25. The molecule has 4 nitrogen and oxygen atoms in total. The zero-order chi connectivity index (χ0) is 16.3. The lowest BCUT2D eigenvalue weighted by atomic mass is 10.1. The molecule has 0 aliphatic carbocycles. The highest BCUT2D eigenvalue weighted by Gasteiger charge is 2.38. The van der Waals surface area contributed by atoms with Gasteiger partial charge in [0.25, 0.3) is 0 Å². The van der Waals surface area contributed by atoms with Crippen molar-refractivity contribution in [3.63, 3.8) is 0 Å². The Balaban J connectivity index is 1.88. The molecule has 1 saturated heterocycles. The van der Waals surface area contributed by atoms with Gasteiger partial charge in [0.15, 0.2) is 5.44 Å². The Labute approximate surface area is 133 Å². The van der Waals surface area contributed by atoms with Gasteiger partial charge < -0.3 is 9.47 Å². The summed E-state index contributed by atoms with van der Waals surface area (Å²) in [6.07, 6.45) is -1.01. The largest absolute Gasteiger partial charge is 0.461 e. The summed E-state index contributed by atoms with van der Waals surface area (Å²) in [5.74, 6) is -0.924. The van der Waals surface area contributed by atoms with Crippen LogP contribution in [0.3, 0.4) is 0 Å². The molecule has 0 saturated carbocycles. The van der Waals surface area contributed by atoms with Gasteiger partial charge in [0.05, 0.1) is 5.56 Å². The molecule has 0 radical (unpaired) electrons. The van der Waals surface area contributed by atoms with Crippen LogP contribution in [0.2, 0.25) is 0 Å². The second-order valence-electron chi connectivity index (χ2n) is 5.46. The average Bonchev–Trinajstić information content (AvgIpc) is 2.74. The fourth-order valence-corrected chi connectivity index (χ4v) is 3.70. The molecule has 120 valence electrons. The molecule has 0 N–H and O–H groups in total. The first-order valence-corrected chi connectivity index (χ1v) is 8.01. The monoisotopic (exact) mass is 326 g/mol. The van der Waals surface area contributed by atoms with Crippen molar-refractivity contribution in [3.8, 4) is 0 Å². The van der Waals surface area contributed by atoms with E-state index in [4.69, 9.17) is 9.47 Å². The summed E-state index contributed by atoms with van der Waals surface area (Å²) >= 11 is 1.20. The highest BCUT2D eigenvalue weighted by atomic mass is 32.2. The van der Waals surface area contributed by atoms with Crippen LogP contribution in [0, 0.1) is 13.8 Å². The highest BCUT2D eigenvalue weighted by Crippen LogP contribution is 2.37. The molecule has 6 heteroatoms. The molecule has 2 rings (SSSR count). The minimum atomic E-state index is -1.22. The van der Waals surface area contributed by atoms with E-state index in [1.807, 2.05) is 19.9 Å². The maximum absolute atomic E-state index is 13.7. The van der Waals surface area contributed by atoms with E-state index in [0.717, 1.165) is 11.1 Å². The quantitative estimate of drug-likeness (QED) is 0.795. The van der Waals surface area contributed by atoms with Crippen LogP contribution in [0.25, 0.3) is 0 Å². The lowest BCUT2D eigenvalue weighted by Crippen LogP contribution is -2.18. The Morgan fingerprint density at radius 3 is 2.50 bits per heavy atom. The molecule has 1 fully saturated rings. The summed E-state index contributed by atoms with van der Waals surface area (Å²) in [5, 5.41) is -0.200. The summed E-state index contributed by atoms with van der Waals surface area (Å²) < 4.78 is 23.9. The molecule has 0 bridgehead atoms. The van der Waals surface area contributed by atoms with Crippen molar-refractivity contribution in [3.05, 3.63) is 34.9 Å². The van der Waals surface area contributed by atoms with Gasteiger partial charge in [0.1, 0.15) is 12.8 Å². The molecule has 0 amide bonds. The summed E-state index contributed by atoms with van der Waals surface area (Å²) in [4.78, 5) is 22.9. The second kappa shape index (κ2) is 7.13. The molecular weight excluding hydrogens is 307 g/mol. The van der Waals surface area contributed by atoms with Crippen LogP contribution < -0.4 is 0 Å². The second-order valence-corrected chi connectivity index (χ2v) is 6.87. The Bertz CT molecular complexity index is 555. The predicted octanol–water partition coefficient (Wildman–Crippen LogP) is 3.19. The van der Waals surface area contributed by atoms with Crippen molar-refractivity contribution >= 4 is 23.7 Å². The zero-order valence-electron chi connectivity index (χ0n) is 12.8. The number of benzene rings is 1. The van der Waals surface area contributed by atoms with Crippen molar-refractivity contribution < 1.29 is 23.5 Å². The maximum atomic E-state index is 13.7. The number of rotatable bonds is 4. The van der Waals surface area contributed by atoms with Gasteiger partial charge in [-0.25, -0.2) is 9.18 Å². The fourth-order valence-electron chi connectivity index (χ4n) is 2.41. The smallest absolute Gasteiger partial charge is 0.338 e. The molecule has 0 spiro atoms.